The van der Waals surface area contributed by atoms with Crippen LogP contribution in [0.3, 0.4) is 0 Å². The van der Waals surface area contributed by atoms with E-state index in [4.69, 9.17) is 0 Å². The van der Waals surface area contributed by atoms with E-state index in [0.29, 0.717) is 4.90 Å². The summed E-state index contributed by atoms with van der Waals surface area (Å²) in [6.45, 7) is -0.821. The Morgan fingerprint density at radius 3 is 2.17 bits per heavy atom. The molecule has 0 saturated carbocycles. The zero-order chi connectivity index (χ0) is 14.3. The highest BCUT2D eigenvalue weighted by Crippen LogP contribution is 2.17. The molecule has 0 radical (unpaired) electrons. The van der Waals surface area contributed by atoms with Crippen molar-refractivity contribution < 1.29 is 32.3 Å². The highest BCUT2D eigenvalue weighted by Gasteiger charge is 2.33. The zero-order valence-electron chi connectivity index (χ0n) is 10.0. The Morgan fingerprint density at radius 2 is 1.78 bits per heavy atom. The maximum absolute atomic E-state index is 12.2. The molecule has 0 atom stereocenters. The summed E-state index contributed by atoms with van der Waals surface area (Å²) < 4.78 is 40.9. The maximum atomic E-state index is 12.2. The van der Waals surface area contributed by atoms with Crippen molar-refractivity contribution >= 4 is 17.7 Å². The van der Waals surface area contributed by atoms with Crippen molar-refractivity contribution in [2.75, 3.05) is 20.2 Å². The third kappa shape index (κ3) is 7.64. The van der Waals surface area contributed by atoms with Crippen molar-refractivity contribution in [1.82, 2.24) is 4.90 Å². The first-order valence-electron chi connectivity index (χ1n) is 5.06. The zero-order valence-corrected chi connectivity index (χ0v) is 10.0. The van der Waals surface area contributed by atoms with Crippen LogP contribution in [0.2, 0.25) is 0 Å². The highest BCUT2D eigenvalue weighted by molar-refractivity contribution is 5.96. The van der Waals surface area contributed by atoms with Crippen LogP contribution in [0.4, 0.5) is 13.2 Å². The minimum absolute atomic E-state index is 0.351. The van der Waals surface area contributed by atoms with Crippen molar-refractivity contribution in [2.24, 2.45) is 0 Å². The molecular formula is C10H14F3NO4. The molecule has 0 heterocycles. The number of Topliss-reactive ketones (excluding diaryl/α,β-unsaturated/α-hetero) is 1. The second-order valence-electron chi connectivity index (χ2n) is 3.64. The quantitative estimate of drug-likeness (QED) is 0.531. The van der Waals surface area contributed by atoms with Gasteiger partial charge in [-0.05, 0) is 6.92 Å². The molecule has 0 spiro atoms. The second-order valence-corrected chi connectivity index (χ2v) is 3.64. The van der Waals surface area contributed by atoms with Crippen molar-refractivity contribution in [3.05, 3.63) is 0 Å². The van der Waals surface area contributed by atoms with Crippen LogP contribution < -0.4 is 0 Å². The number of nitrogens with zero attached hydrogens (tertiary/aromatic N) is 1. The monoisotopic (exact) mass is 269 g/mol. The van der Waals surface area contributed by atoms with E-state index in [9.17, 15) is 27.6 Å². The smallest absolute Gasteiger partial charge is 0.406 e. The summed E-state index contributed by atoms with van der Waals surface area (Å²) >= 11 is 0. The summed E-state index contributed by atoms with van der Waals surface area (Å²) in [5.74, 6) is -2.22. The molecule has 0 rings (SSSR count). The van der Waals surface area contributed by atoms with Crippen LogP contribution in [0, 0.1) is 0 Å². The molecule has 8 heteroatoms. The van der Waals surface area contributed by atoms with Crippen molar-refractivity contribution in [3.63, 3.8) is 0 Å². The number of carbonyl (C=O) groups excluding carboxylic acids is 3. The van der Waals surface area contributed by atoms with E-state index in [0.717, 1.165) is 14.0 Å². The van der Waals surface area contributed by atoms with Gasteiger partial charge in [0, 0.05) is 6.54 Å². The van der Waals surface area contributed by atoms with E-state index in [1.54, 1.807) is 0 Å². The van der Waals surface area contributed by atoms with Gasteiger partial charge in [-0.25, -0.2) is 0 Å². The lowest BCUT2D eigenvalue weighted by Gasteiger charge is -2.23. The summed E-state index contributed by atoms with van der Waals surface area (Å²) in [5.41, 5.74) is 0. The summed E-state index contributed by atoms with van der Waals surface area (Å²) in [4.78, 5) is 33.3. The third-order valence-corrected chi connectivity index (χ3v) is 1.94. The predicted octanol–water partition coefficient (Wildman–Crippen LogP) is 0.919. The minimum atomic E-state index is -4.58. The second kappa shape index (κ2) is 6.97. The van der Waals surface area contributed by atoms with Gasteiger partial charge in [-0.1, -0.05) is 0 Å². The minimum Gasteiger partial charge on any atom is -0.469 e. The normalized spacial score (nSPS) is 10.9. The Balaban J connectivity index is 4.56. The standard InChI is InChI=1S/C10H14F3NO4/c1-7(15)5-8(16)14(6-10(11,12)13)4-3-9(17)18-2/h3-6H2,1-2H3. The summed E-state index contributed by atoms with van der Waals surface area (Å²) in [6.07, 6.45) is -5.55. The first kappa shape index (κ1) is 16.4. The lowest BCUT2D eigenvalue weighted by molar-refractivity contribution is -0.163. The molecule has 0 aliphatic carbocycles. The van der Waals surface area contributed by atoms with Gasteiger partial charge < -0.3 is 9.64 Å². The van der Waals surface area contributed by atoms with Crippen molar-refractivity contribution in [3.8, 4) is 0 Å². The van der Waals surface area contributed by atoms with E-state index in [1.807, 2.05) is 0 Å². The number of hydrogen-bond donors (Lipinski definition) is 0. The van der Waals surface area contributed by atoms with Crippen LogP contribution >= 0.6 is 0 Å². The number of rotatable bonds is 6. The Kier molecular flexibility index (Phi) is 6.35. The lowest BCUT2D eigenvalue weighted by atomic mass is 10.2. The molecule has 0 bridgehead atoms. The molecular weight excluding hydrogens is 255 g/mol. The van der Waals surface area contributed by atoms with Crippen LogP contribution in [0.1, 0.15) is 19.8 Å². The molecule has 1 amide bonds. The van der Waals surface area contributed by atoms with Crippen LogP contribution in [-0.4, -0.2) is 48.9 Å². The highest BCUT2D eigenvalue weighted by atomic mass is 19.4. The fourth-order valence-electron chi connectivity index (χ4n) is 1.16. The average Bonchev–Trinajstić information content (AvgIpc) is 2.20. The Hall–Kier alpha value is -1.60. The summed E-state index contributed by atoms with van der Waals surface area (Å²) in [7, 11) is 1.09. The van der Waals surface area contributed by atoms with Crippen molar-refractivity contribution in [2.45, 2.75) is 25.9 Å². The predicted molar refractivity (Wildman–Crippen MR) is 54.6 cm³/mol. The largest absolute Gasteiger partial charge is 0.469 e. The van der Waals surface area contributed by atoms with Gasteiger partial charge in [-0.15, -0.1) is 0 Å². The molecule has 0 aromatic rings. The molecule has 18 heavy (non-hydrogen) atoms. The van der Waals surface area contributed by atoms with Crippen LogP contribution in [0.25, 0.3) is 0 Å². The SMILES string of the molecule is COC(=O)CCN(CC(F)(F)F)C(=O)CC(C)=O. The molecule has 0 aliphatic heterocycles. The average molecular weight is 269 g/mol. The number of halogens is 3. The number of carbonyl (C=O) groups is 3. The molecule has 5 nitrogen and oxygen atoms in total. The molecule has 0 unspecified atom stereocenters. The molecule has 0 fully saturated rings. The van der Waals surface area contributed by atoms with Gasteiger partial charge >= 0.3 is 12.1 Å². The summed E-state index contributed by atoms with van der Waals surface area (Å²) in [6, 6.07) is 0. The topological polar surface area (TPSA) is 63.7 Å². The molecule has 0 N–H and O–H groups in total. The Labute approximate surface area is 102 Å². The van der Waals surface area contributed by atoms with E-state index in [-0.39, 0.29) is 6.42 Å². The number of ether oxygens (including phenoxy) is 1. The van der Waals surface area contributed by atoms with Gasteiger partial charge in [0.2, 0.25) is 5.91 Å². The number of alkyl halides is 3. The number of amides is 1. The Morgan fingerprint density at radius 1 is 1.22 bits per heavy atom. The first-order valence-corrected chi connectivity index (χ1v) is 5.06. The van der Waals surface area contributed by atoms with Gasteiger partial charge in [0.25, 0.3) is 0 Å². The van der Waals surface area contributed by atoms with E-state index >= 15 is 0 Å². The number of methoxy groups -OCH3 is 1. The molecule has 0 aromatic carbocycles. The van der Waals surface area contributed by atoms with Crippen LogP contribution in [0.15, 0.2) is 0 Å². The number of ketones is 1. The fourth-order valence-corrected chi connectivity index (χ4v) is 1.16. The first-order chi connectivity index (χ1) is 8.15. The fraction of sp³-hybridized carbons (Fsp3) is 0.700. The Bertz CT molecular complexity index is 328. The van der Waals surface area contributed by atoms with Gasteiger partial charge in [0.05, 0.1) is 20.0 Å². The molecule has 0 saturated heterocycles. The summed E-state index contributed by atoms with van der Waals surface area (Å²) in [5, 5.41) is 0. The number of hydrogen-bond acceptors (Lipinski definition) is 4. The van der Waals surface area contributed by atoms with Gasteiger partial charge in [-0.2, -0.15) is 13.2 Å². The van der Waals surface area contributed by atoms with E-state index in [1.165, 1.54) is 0 Å². The molecule has 104 valence electrons. The molecule has 0 aliphatic rings. The maximum Gasteiger partial charge on any atom is 0.406 e. The van der Waals surface area contributed by atoms with Crippen LogP contribution in [-0.2, 0) is 19.1 Å². The van der Waals surface area contributed by atoms with Crippen LogP contribution in [0.5, 0.6) is 0 Å². The van der Waals surface area contributed by atoms with Gasteiger partial charge in [0.1, 0.15) is 12.3 Å². The third-order valence-electron chi connectivity index (χ3n) is 1.94. The van der Waals surface area contributed by atoms with Gasteiger partial charge in [-0.3, -0.25) is 14.4 Å². The molecule has 0 aromatic heterocycles. The van der Waals surface area contributed by atoms with E-state index in [2.05, 4.69) is 4.74 Å². The lowest BCUT2D eigenvalue weighted by Crippen LogP contribution is -2.40. The van der Waals surface area contributed by atoms with Crippen molar-refractivity contribution in [1.29, 1.82) is 0 Å². The van der Waals surface area contributed by atoms with E-state index < -0.39 is 43.3 Å². The van der Waals surface area contributed by atoms with Gasteiger partial charge in [0.15, 0.2) is 0 Å². The number of esters is 1.